The summed E-state index contributed by atoms with van der Waals surface area (Å²) in [6.45, 7) is 3.58. The zero-order valence-electron chi connectivity index (χ0n) is 12.7. The first-order valence-corrected chi connectivity index (χ1v) is 7.10. The summed E-state index contributed by atoms with van der Waals surface area (Å²) in [4.78, 5) is 8.39. The number of alkyl halides is 1. The van der Waals surface area contributed by atoms with Crippen LogP contribution in [-0.4, -0.2) is 20.2 Å². The molecule has 3 aromatic heterocycles. The Kier molecular flexibility index (Phi) is 4.27. The highest BCUT2D eigenvalue weighted by Crippen LogP contribution is 2.21. The number of ether oxygens (including phenoxy) is 1. The smallest absolute Gasteiger partial charge is 0.250 e. The van der Waals surface area contributed by atoms with Crippen LogP contribution in [0.4, 0.5) is 4.39 Å². The number of halogens is 1. The van der Waals surface area contributed by atoms with Crippen molar-refractivity contribution < 1.29 is 13.5 Å². The quantitative estimate of drug-likeness (QED) is 0.718. The summed E-state index contributed by atoms with van der Waals surface area (Å²) in [6.07, 6.45) is 2.00. The number of aryl methyl sites for hydroxylation is 1. The van der Waals surface area contributed by atoms with E-state index in [1.807, 2.05) is 13.0 Å². The van der Waals surface area contributed by atoms with Gasteiger partial charge in [0.2, 0.25) is 5.89 Å². The molecular formula is C16H15FN4O2. The molecule has 0 bridgehead atoms. The largest absolute Gasteiger partial charge is 0.487 e. The van der Waals surface area contributed by atoms with Crippen LogP contribution in [0.2, 0.25) is 0 Å². The topological polar surface area (TPSA) is 73.9 Å². The maximum atomic E-state index is 13.1. The fraction of sp³-hybridized carbons (Fsp3) is 0.250. The fourth-order valence-corrected chi connectivity index (χ4v) is 1.91. The molecule has 0 spiro atoms. The summed E-state index contributed by atoms with van der Waals surface area (Å²) in [6, 6.07) is 7.22. The standard InChI is InChI=1S/C16H15FN4O2/c1-10-7-14(5-6-18-10)22-9-13-4-3-12(8-19-13)16-21-20-15(23-16)11(2)17/h3-8,11H,9H2,1-2H3. The lowest BCUT2D eigenvalue weighted by Gasteiger charge is -2.06. The first-order valence-electron chi connectivity index (χ1n) is 7.10. The van der Waals surface area contributed by atoms with Crippen LogP contribution in [-0.2, 0) is 6.61 Å². The van der Waals surface area contributed by atoms with Gasteiger partial charge in [0.15, 0.2) is 6.17 Å². The van der Waals surface area contributed by atoms with Gasteiger partial charge in [-0.3, -0.25) is 9.97 Å². The molecule has 0 saturated heterocycles. The average Bonchev–Trinajstić information content (AvgIpc) is 3.04. The van der Waals surface area contributed by atoms with Crippen LogP contribution in [0.15, 0.2) is 41.1 Å². The van der Waals surface area contributed by atoms with Gasteiger partial charge < -0.3 is 9.15 Å². The molecule has 0 radical (unpaired) electrons. The van der Waals surface area contributed by atoms with E-state index in [2.05, 4.69) is 20.2 Å². The molecule has 1 atom stereocenters. The molecule has 3 rings (SSSR count). The van der Waals surface area contributed by atoms with E-state index >= 15 is 0 Å². The van der Waals surface area contributed by atoms with E-state index in [1.165, 1.54) is 6.92 Å². The highest BCUT2D eigenvalue weighted by Gasteiger charge is 2.14. The van der Waals surface area contributed by atoms with Crippen molar-refractivity contribution in [1.82, 2.24) is 20.2 Å². The normalized spacial score (nSPS) is 12.1. The van der Waals surface area contributed by atoms with E-state index in [0.717, 1.165) is 17.1 Å². The van der Waals surface area contributed by atoms with Crippen molar-refractivity contribution in [2.45, 2.75) is 26.6 Å². The van der Waals surface area contributed by atoms with Crippen molar-refractivity contribution in [2.24, 2.45) is 0 Å². The second kappa shape index (κ2) is 6.51. The third-order valence-corrected chi connectivity index (χ3v) is 3.11. The van der Waals surface area contributed by atoms with E-state index in [1.54, 1.807) is 30.6 Å². The summed E-state index contributed by atoms with van der Waals surface area (Å²) in [5, 5.41) is 7.45. The van der Waals surface area contributed by atoms with Crippen molar-refractivity contribution >= 4 is 0 Å². The highest BCUT2D eigenvalue weighted by molar-refractivity contribution is 5.50. The van der Waals surface area contributed by atoms with Crippen molar-refractivity contribution in [1.29, 1.82) is 0 Å². The highest BCUT2D eigenvalue weighted by atomic mass is 19.1. The van der Waals surface area contributed by atoms with Crippen molar-refractivity contribution in [3.63, 3.8) is 0 Å². The zero-order valence-corrected chi connectivity index (χ0v) is 12.7. The molecule has 0 saturated carbocycles. The minimum Gasteiger partial charge on any atom is -0.487 e. The van der Waals surface area contributed by atoms with E-state index in [-0.39, 0.29) is 11.8 Å². The van der Waals surface area contributed by atoms with Crippen LogP contribution in [0.5, 0.6) is 5.75 Å². The predicted octanol–water partition coefficient (Wildman–Crippen LogP) is 3.44. The number of hydrogen-bond acceptors (Lipinski definition) is 6. The molecule has 23 heavy (non-hydrogen) atoms. The van der Waals surface area contributed by atoms with Crippen LogP contribution in [0, 0.1) is 6.92 Å². The third kappa shape index (κ3) is 3.68. The number of aromatic nitrogens is 4. The predicted molar refractivity (Wildman–Crippen MR) is 80.4 cm³/mol. The molecule has 118 valence electrons. The summed E-state index contributed by atoms with van der Waals surface area (Å²) in [5.41, 5.74) is 2.27. The molecule has 0 fully saturated rings. The first-order chi connectivity index (χ1) is 11.1. The van der Waals surface area contributed by atoms with Gasteiger partial charge in [-0.05, 0) is 32.0 Å². The summed E-state index contributed by atoms with van der Waals surface area (Å²) in [7, 11) is 0. The summed E-state index contributed by atoms with van der Waals surface area (Å²) >= 11 is 0. The molecule has 0 aliphatic carbocycles. The molecule has 0 aliphatic rings. The van der Waals surface area contributed by atoms with Gasteiger partial charge in [0.25, 0.3) is 5.89 Å². The molecule has 7 heteroatoms. The average molecular weight is 314 g/mol. The van der Waals surface area contributed by atoms with Gasteiger partial charge in [0.1, 0.15) is 12.4 Å². The Balaban J connectivity index is 1.67. The first kappa shape index (κ1) is 15.1. The molecule has 0 aliphatic heterocycles. The molecule has 0 amide bonds. The van der Waals surface area contributed by atoms with Gasteiger partial charge in [0.05, 0.1) is 11.3 Å². The Morgan fingerprint density at radius 3 is 2.74 bits per heavy atom. The summed E-state index contributed by atoms with van der Waals surface area (Å²) in [5.74, 6) is 0.941. The zero-order chi connectivity index (χ0) is 16.2. The van der Waals surface area contributed by atoms with Crippen LogP contribution in [0.1, 0.15) is 30.4 Å². The van der Waals surface area contributed by atoms with Crippen LogP contribution in [0.3, 0.4) is 0 Å². The molecule has 6 nitrogen and oxygen atoms in total. The number of hydrogen-bond donors (Lipinski definition) is 0. The van der Waals surface area contributed by atoms with Crippen molar-refractivity contribution in [2.75, 3.05) is 0 Å². The molecular weight excluding hydrogens is 299 g/mol. The Hall–Kier alpha value is -2.83. The number of pyridine rings is 2. The fourth-order valence-electron chi connectivity index (χ4n) is 1.91. The minimum atomic E-state index is -1.29. The van der Waals surface area contributed by atoms with Crippen molar-refractivity contribution in [3.05, 3.63) is 53.9 Å². The Morgan fingerprint density at radius 2 is 2.09 bits per heavy atom. The SMILES string of the molecule is Cc1cc(OCc2ccc(-c3nnc(C(C)F)o3)cn2)ccn1. The van der Waals surface area contributed by atoms with Crippen LogP contribution < -0.4 is 4.74 Å². The van der Waals surface area contributed by atoms with Gasteiger partial charge in [-0.25, -0.2) is 4.39 Å². The Bertz CT molecular complexity index is 787. The lowest BCUT2D eigenvalue weighted by atomic mass is 10.2. The molecule has 0 aromatic carbocycles. The molecule has 0 N–H and O–H groups in total. The second-order valence-electron chi connectivity index (χ2n) is 5.02. The third-order valence-electron chi connectivity index (χ3n) is 3.11. The molecule has 3 heterocycles. The lowest BCUT2D eigenvalue weighted by Crippen LogP contribution is -1.98. The van der Waals surface area contributed by atoms with Crippen molar-refractivity contribution in [3.8, 4) is 17.2 Å². The number of nitrogens with zero attached hydrogens (tertiary/aromatic N) is 4. The second-order valence-corrected chi connectivity index (χ2v) is 5.02. The van der Waals surface area contributed by atoms with Crippen LogP contribution in [0.25, 0.3) is 11.5 Å². The van der Waals surface area contributed by atoms with Gasteiger partial charge in [-0.2, -0.15) is 0 Å². The monoisotopic (exact) mass is 314 g/mol. The van der Waals surface area contributed by atoms with Gasteiger partial charge >= 0.3 is 0 Å². The maximum Gasteiger partial charge on any atom is 0.250 e. The number of rotatable bonds is 5. The Morgan fingerprint density at radius 1 is 1.22 bits per heavy atom. The maximum absolute atomic E-state index is 13.1. The minimum absolute atomic E-state index is 0.0412. The molecule has 3 aromatic rings. The van der Waals surface area contributed by atoms with Gasteiger partial charge in [-0.1, -0.05) is 0 Å². The van der Waals surface area contributed by atoms with E-state index in [0.29, 0.717) is 12.2 Å². The van der Waals surface area contributed by atoms with E-state index in [9.17, 15) is 4.39 Å². The Labute approximate surface area is 132 Å². The van der Waals surface area contributed by atoms with E-state index < -0.39 is 6.17 Å². The lowest BCUT2D eigenvalue weighted by molar-refractivity contribution is 0.300. The molecule has 1 unspecified atom stereocenters. The van der Waals surface area contributed by atoms with E-state index in [4.69, 9.17) is 9.15 Å². The van der Waals surface area contributed by atoms with Gasteiger partial charge in [-0.15, -0.1) is 10.2 Å². The van der Waals surface area contributed by atoms with Gasteiger partial charge in [0, 0.05) is 24.2 Å². The summed E-state index contributed by atoms with van der Waals surface area (Å²) < 4.78 is 24.0. The van der Waals surface area contributed by atoms with Crippen LogP contribution >= 0.6 is 0 Å².